The summed E-state index contributed by atoms with van der Waals surface area (Å²) in [4.78, 5) is 15.8. The van der Waals surface area contributed by atoms with Gasteiger partial charge in [0.05, 0.1) is 14.2 Å². The van der Waals surface area contributed by atoms with Crippen molar-refractivity contribution in [2.45, 2.75) is 13.5 Å². The fourth-order valence-electron chi connectivity index (χ4n) is 1.70. The second-order valence-corrected chi connectivity index (χ2v) is 4.10. The number of benzene rings is 1. The molecule has 106 valence electrons. The Balaban J connectivity index is 2.05. The summed E-state index contributed by atoms with van der Waals surface area (Å²) < 4.78 is 10.4. The maximum Gasteiger partial charge on any atom is 0.291 e. The Morgan fingerprint density at radius 2 is 2.15 bits per heavy atom. The molecule has 20 heavy (non-hydrogen) atoms. The lowest BCUT2D eigenvalue weighted by atomic mass is 10.2. The minimum Gasteiger partial charge on any atom is -0.497 e. The van der Waals surface area contributed by atoms with Crippen molar-refractivity contribution in [2.75, 3.05) is 14.2 Å². The minimum absolute atomic E-state index is 0.120. The van der Waals surface area contributed by atoms with E-state index >= 15 is 0 Å². The lowest BCUT2D eigenvalue weighted by Gasteiger charge is -2.10. The van der Waals surface area contributed by atoms with Crippen LogP contribution in [0.4, 0.5) is 0 Å². The third-order valence-corrected chi connectivity index (χ3v) is 2.73. The summed E-state index contributed by atoms with van der Waals surface area (Å²) in [5.41, 5.74) is 0.842. The smallest absolute Gasteiger partial charge is 0.291 e. The van der Waals surface area contributed by atoms with Crippen molar-refractivity contribution in [3.8, 4) is 11.5 Å². The number of nitrogens with zero attached hydrogens (tertiary/aromatic N) is 2. The number of hydrogen-bond donors (Lipinski definition) is 2. The highest BCUT2D eigenvalue weighted by molar-refractivity contribution is 5.90. The molecule has 0 saturated heterocycles. The molecule has 0 unspecified atom stereocenters. The van der Waals surface area contributed by atoms with Gasteiger partial charge in [-0.1, -0.05) is 0 Å². The number of hydrogen-bond acceptors (Lipinski definition) is 5. The lowest BCUT2D eigenvalue weighted by Crippen LogP contribution is -2.24. The van der Waals surface area contributed by atoms with Gasteiger partial charge in [0.15, 0.2) is 0 Å². The van der Waals surface area contributed by atoms with Crippen molar-refractivity contribution < 1.29 is 14.3 Å². The molecule has 7 heteroatoms. The van der Waals surface area contributed by atoms with Crippen LogP contribution in [0.3, 0.4) is 0 Å². The molecule has 2 N–H and O–H groups in total. The van der Waals surface area contributed by atoms with Gasteiger partial charge >= 0.3 is 0 Å². The number of amides is 1. The van der Waals surface area contributed by atoms with E-state index < -0.39 is 0 Å². The van der Waals surface area contributed by atoms with Crippen LogP contribution >= 0.6 is 0 Å². The third kappa shape index (κ3) is 3.05. The number of carbonyl (C=O) groups excluding carboxylic acids is 1. The summed E-state index contributed by atoms with van der Waals surface area (Å²) in [5.74, 6) is 1.72. The second-order valence-electron chi connectivity index (χ2n) is 4.10. The number of aromatic amines is 1. The van der Waals surface area contributed by atoms with Crippen LogP contribution in [0, 0.1) is 6.92 Å². The molecule has 0 aliphatic carbocycles. The highest BCUT2D eigenvalue weighted by Gasteiger charge is 2.12. The first kappa shape index (κ1) is 13.9. The van der Waals surface area contributed by atoms with Crippen molar-refractivity contribution >= 4 is 5.91 Å². The van der Waals surface area contributed by atoms with Gasteiger partial charge in [-0.2, -0.15) is 0 Å². The molecule has 7 nitrogen and oxygen atoms in total. The molecule has 0 aliphatic rings. The second kappa shape index (κ2) is 6.05. The quantitative estimate of drug-likeness (QED) is 0.852. The SMILES string of the molecule is COc1ccc(CNC(=O)c2n[nH]c(C)n2)c(OC)c1. The van der Waals surface area contributed by atoms with Crippen LogP contribution in [0.15, 0.2) is 18.2 Å². The van der Waals surface area contributed by atoms with E-state index in [9.17, 15) is 4.79 Å². The van der Waals surface area contributed by atoms with Gasteiger partial charge in [0.25, 0.3) is 5.91 Å². The number of rotatable bonds is 5. The summed E-state index contributed by atoms with van der Waals surface area (Å²) in [6, 6.07) is 5.40. The number of aromatic nitrogens is 3. The number of aryl methyl sites for hydroxylation is 1. The van der Waals surface area contributed by atoms with Gasteiger partial charge in [0.1, 0.15) is 17.3 Å². The summed E-state index contributed by atoms with van der Waals surface area (Å²) in [7, 11) is 3.15. The number of ether oxygens (including phenoxy) is 2. The fraction of sp³-hybridized carbons (Fsp3) is 0.308. The topological polar surface area (TPSA) is 89.1 Å². The number of carbonyl (C=O) groups is 1. The van der Waals surface area contributed by atoms with E-state index in [-0.39, 0.29) is 11.7 Å². The van der Waals surface area contributed by atoms with Crippen LogP contribution in [-0.4, -0.2) is 35.3 Å². The van der Waals surface area contributed by atoms with E-state index in [2.05, 4.69) is 20.5 Å². The number of methoxy groups -OCH3 is 2. The minimum atomic E-state index is -0.341. The third-order valence-electron chi connectivity index (χ3n) is 2.73. The zero-order valence-electron chi connectivity index (χ0n) is 11.6. The Morgan fingerprint density at radius 3 is 2.75 bits per heavy atom. The van der Waals surface area contributed by atoms with Crippen LogP contribution in [0.2, 0.25) is 0 Å². The van der Waals surface area contributed by atoms with Crippen LogP contribution in [0.25, 0.3) is 0 Å². The molecule has 1 heterocycles. The Hall–Kier alpha value is -2.57. The van der Waals surface area contributed by atoms with Gasteiger partial charge < -0.3 is 14.8 Å². The Labute approximate surface area is 116 Å². The van der Waals surface area contributed by atoms with Crippen LogP contribution in [0.5, 0.6) is 11.5 Å². The van der Waals surface area contributed by atoms with Gasteiger partial charge in [-0.05, 0) is 19.1 Å². The fourth-order valence-corrected chi connectivity index (χ4v) is 1.70. The first-order chi connectivity index (χ1) is 9.63. The van der Waals surface area contributed by atoms with Crippen LogP contribution in [0.1, 0.15) is 22.0 Å². The molecule has 1 aromatic carbocycles. The molecule has 2 aromatic rings. The first-order valence-electron chi connectivity index (χ1n) is 6.02. The lowest BCUT2D eigenvalue weighted by molar-refractivity contribution is 0.0940. The molecule has 0 fully saturated rings. The molecule has 0 saturated carbocycles. The van der Waals surface area contributed by atoms with Gasteiger partial charge in [-0.3, -0.25) is 9.89 Å². The molecule has 0 bridgehead atoms. The van der Waals surface area contributed by atoms with Crippen molar-refractivity contribution in [1.29, 1.82) is 0 Å². The van der Waals surface area contributed by atoms with E-state index in [4.69, 9.17) is 9.47 Å². The first-order valence-corrected chi connectivity index (χ1v) is 6.02. The van der Waals surface area contributed by atoms with E-state index in [0.29, 0.717) is 23.9 Å². The van der Waals surface area contributed by atoms with E-state index in [1.165, 1.54) is 0 Å². The van der Waals surface area contributed by atoms with Crippen LogP contribution in [-0.2, 0) is 6.54 Å². The average Bonchev–Trinajstić information content (AvgIpc) is 2.91. The van der Waals surface area contributed by atoms with E-state index in [1.54, 1.807) is 33.3 Å². The van der Waals surface area contributed by atoms with Gasteiger partial charge in [-0.25, -0.2) is 4.98 Å². The highest BCUT2D eigenvalue weighted by Crippen LogP contribution is 2.24. The predicted octanol–water partition coefficient (Wildman–Crippen LogP) is 1.06. The zero-order valence-corrected chi connectivity index (χ0v) is 11.6. The standard InChI is InChI=1S/C13H16N4O3/c1-8-15-12(17-16-8)13(18)14-7-9-4-5-10(19-2)6-11(9)20-3/h4-6H,7H2,1-3H3,(H,14,18)(H,15,16,17). The molecule has 0 aliphatic heterocycles. The molecule has 0 atom stereocenters. The molecular formula is C13H16N4O3. The van der Waals surface area contributed by atoms with Crippen molar-refractivity contribution in [2.24, 2.45) is 0 Å². The van der Waals surface area contributed by atoms with Crippen LogP contribution < -0.4 is 14.8 Å². The van der Waals surface area contributed by atoms with Crippen molar-refractivity contribution in [3.63, 3.8) is 0 Å². The average molecular weight is 276 g/mol. The van der Waals surface area contributed by atoms with E-state index in [1.807, 2.05) is 6.07 Å². The Morgan fingerprint density at radius 1 is 1.35 bits per heavy atom. The molecule has 0 radical (unpaired) electrons. The monoisotopic (exact) mass is 276 g/mol. The normalized spacial score (nSPS) is 10.2. The van der Waals surface area contributed by atoms with Gasteiger partial charge in [0.2, 0.25) is 5.82 Å². The number of nitrogens with one attached hydrogen (secondary N) is 2. The molecule has 1 aromatic heterocycles. The Kier molecular flexibility index (Phi) is 4.19. The molecular weight excluding hydrogens is 260 g/mol. The van der Waals surface area contributed by atoms with Crippen molar-refractivity contribution in [1.82, 2.24) is 20.5 Å². The van der Waals surface area contributed by atoms with Gasteiger partial charge in [-0.15, -0.1) is 5.10 Å². The summed E-state index contributed by atoms with van der Waals surface area (Å²) in [6.45, 7) is 2.05. The van der Waals surface area contributed by atoms with E-state index in [0.717, 1.165) is 5.56 Å². The summed E-state index contributed by atoms with van der Waals surface area (Å²) >= 11 is 0. The molecule has 0 spiro atoms. The molecule has 1 amide bonds. The highest BCUT2D eigenvalue weighted by atomic mass is 16.5. The maximum atomic E-state index is 11.8. The maximum absolute atomic E-state index is 11.8. The Bertz CT molecular complexity index is 609. The molecule has 2 rings (SSSR count). The van der Waals surface area contributed by atoms with Crippen molar-refractivity contribution in [3.05, 3.63) is 35.4 Å². The largest absolute Gasteiger partial charge is 0.497 e. The summed E-state index contributed by atoms with van der Waals surface area (Å²) in [5, 5.41) is 9.16. The summed E-state index contributed by atoms with van der Waals surface area (Å²) in [6.07, 6.45) is 0. The predicted molar refractivity (Wildman–Crippen MR) is 71.8 cm³/mol. The van der Waals surface area contributed by atoms with Gasteiger partial charge in [0, 0.05) is 18.2 Å². The zero-order chi connectivity index (χ0) is 14.5. The number of H-pyrrole nitrogens is 1.